The van der Waals surface area contributed by atoms with Gasteiger partial charge in [0.1, 0.15) is 0 Å². The van der Waals surface area contributed by atoms with Gasteiger partial charge in [-0.25, -0.2) is 0 Å². The van der Waals surface area contributed by atoms with E-state index in [9.17, 15) is 4.79 Å². The summed E-state index contributed by atoms with van der Waals surface area (Å²) >= 11 is 0. The number of carbonyl (C=O) groups is 1. The van der Waals surface area contributed by atoms with Gasteiger partial charge in [0.2, 0.25) is 5.91 Å². The summed E-state index contributed by atoms with van der Waals surface area (Å²) in [6.45, 7) is 6.16. The molecule has 4 heteroatoms. The van der Waals surface area contributed by atoms with Gasteiger partial charge in [0.15, 0.2) is 0 Å². The van der Waals surface area contributed by atoms with Gasteiger partial charge in [0, 0.05) is 12.1 Å². The van der Waals surface area contributed by atoms with E-state index in [-0.39, 0.29) is 24.4 Å². The maximum Gasteiger partial charge on any atom is 0.220 e. The highest BCUT2D eigenvalue weighted by molar-refractivity contribution is 5.85. The molecule has 0 aliphatic heterocycles. The van der Waals surface area contributed by atoms with Crippen molar-refractivity contribution in [1.82, 2.24) is 5.32 Å². The minimum absolute atomic E-state index is 0. The third-order valence-electron chi connectivity index (χ3n) is 3.80. The summed E-state index contributed by atoms with van der Waals surface area (Å²) in [4.78, 5) is 12.1. The predicted octanol–water partition coefficient (Wildman–Crippen LogP) is 4.12. The second kappa shape index (κ2) is 8.59. The Morgan fingerprint density at radius 3 is 2.35 bits per heavy atom. The molecule has 2 aromatic rings. The smallest absolute Gasteiger partial charge is 0.220 e. The van der Waals surface area contributed by atoms with Gasteiger partial charge in [-0.3, -0.25) is 4.79 Å². The predicted molar refractivity (Wildman–Crippen MR) is 98.9 cm³/mol. The molecule has 3 N–H and O–H groups in total. The third-order valence-corrected chi connectivity index (χ3v) is 3.80. The number of nitrogen functional groups attached to an aromatic ring is 1. The Bertz CT molecular complexity index is 650. The summed E-state index contributed by atoms with van der Waals surface area (Å²) in [5, 5.41) is 3.06. The van der Waals surface area contributed by atoms with E-state index in [1.807, 2.05) is 31.2 Å². The van der Waals surface area contributed by atoms with Gasteiger partial charge < -0.3 is 11.1 Å². The average molecular weight is 333 g/mol. The lowest BCUT2D eigenvalue weighted by Crippen LogP contribution is -2.27. The van der Waals surface area contributed by atoms with Crippen LogP contribution in [0.25, 0.3) is 0 Å². The molecule has 0 aliphatic carbocycles. The molecule has 0 radical (unpaired) electrons. The molecule has 1 unspecified atom stereocenters. The Balaban J connectivity index is 0.00000264. The molecule has 0 aliphatic rings. The molecule has 0 bridgehead atoms. The number of hydrogen-bond acceptors (Lipinski definition) is 2. The van der Waals surface area contributed by atoms with Crippen molar-refractivity contribution in [2.24, 2.45) is 0 Å². The molecule has 1 amide bonds. The molecule has 2 aromatic carbocycles. The fourth-order valence-electron chi connectivity index (χ4n) is 2.67. The number of hydrogen-bond donors (Lipinski definition) is 2. The van der Waals surface area contributed by atoms with Gasteiger partial charge in [0.05, 0.1) is 6.04 Å². The molecular formula is C19H25ClN2O. The van der Waals surface area contributed by atoms with Crippen LogP contribution in [0.1, 0.15) is 41.6 Å². The molecule has 2 rings (SSSR count). The maximum atomic E-state index is 12.1. The van der Waals surface area contributed by atoms with Crippen molar-refractivity contribution >= 4 is 24.0 Å². The summed E-state index contributed by atoms with van der Waals surface area (Å²) < 4.78 is 0. The Morgan fingerprint density at radius 1 is 1.13 bits per heavy atom. The fourth-order valence-corrected chi connectivity index (χ4v) is 2.67. The van der Waals surface area contributed by atoms with Crippen LogP contribution in [0.5, 0.6) is 0 Å². The number of carbonyl (C=O) groups excluding carboxylic acids is 1. The zero-order chi connectivity index (χ0) is 16.1. The van der Waals surface area contributed by atoms with E-state index in [2.05, 4.69) is 37.4 Å². The van der Waals surface area contributed by atoms with Gasteiger partial charge in [-0.2, -0.15) is 0 Å². The second-order valence-corrected chi connectivity index (χ2v) is 5.91. The topological polar surface area (TPSA) is 55.1 Å². The SMILES string of the molecule is Cc1cc(C)cc(C(C)NC(=O)CCc2ccccc2N)c1.Cl. The van der Waals surface area contributed by atoms with Crippen LogP contribution in [0.2, 0.25) is 0 Å². The van der Waals surface area contributed by atoms with Crippen LogP contribution in [-0.2, 0) is 11.2 Å². The molecule has 1 atom stereocenters. The van der Waals surface area contributed by atoms with Crippen LogP contribution in [0, 0.1) is 13.8 Å². The molecule has 124 valence electrons. The highest BCUT2D eigenvalue weighted by Crippen LogP contribution is 2.17. The monoisotopic (exact) mass is 332 g/mol. The number of halogens is 1. The summed E-state index contributed by atoms with van der Waals surface area (Å²) in [6, 6.07) is 14.1. The number of para-hydroxylation sites is 1. The third kappa shape index (κ3) is 5.61. The van der Waals surface area contributed by atoms with Gasteiger partial charge in [-0.05, 0) is 44.4 Å². The largest absolute Gasteiger partial charge is 0.399 e. The van der Waals surface area contributed by atoms with E-state index >= 15 is 0 Å². The van der Waals surface area contributed by atoms with Crippen molar-refractivity contribution in [3.05, 3.63) is 64.7 Å². The van der Waals surface area contributed by atoms with Crippen LogP contribution < -0.4 is 11.1 Å². The lowest BCUT2D eigenvalue weighted by molar-refractivity contribution is -0.121. The molecular weight excluding hydrogens is 308 g/mol. The number of rotatable bonds is 5. The van der Waals surface area contributed by atoms with E-state index < -0.39 is 0 Å². The number of nitrogens with two attached hydrogens (primary N) is 1. The Morgan fingerprint density at radius 2 is 1.74 bits per heavy atom. The fraction of sp³-hybridized carbons (Fsp3) is 0.316. The normalized spacial score (nSPS) is 11.4. The summed E-state index contributed by atoms with van der Waals surface area (Å²) in [7, 11) is 0. The van der Waals surface area contributed by atoms with E-state index in [0.29, 0.717) is 12.8 Å². The molecule has 0 heterocycles. The molecule has 3 nitrogen and oxygen atoms in total. The first-order valence-corrected chi connectivity index (χ1v) is 7.66. The van der Waals surface area contributed by atoms with Crippen LogP contribution in [-0.4, -0.2) is 5.91 Å². The first kappa shape index (κ1) is 19.0. The van der Waals surface area contributed by atoms with E-state index in [0.717, 1.165) is 16.8 Å². The quantitative estimate of drug-likeness (QED) is 0.809. The Kier molecular flexibility index (Phi) is 7.11. The first-order valence-electron chi connectivity index (χ1n) is 7.66. The maximum absolute atomic E-state index is 12.1. The van der Waals surface area contributed by atoms with E-state index in [1.54, 1.807) is 0 Å². The lowest BCUT2D eigenvalue weighted by atomic mass is 10.0. The van der Waals surface area contributed by atoms with Crippen molar-refractivity contribution in [3.8, 4) is 0 Å². The summed E-state index contributed by atoms with van der Waals surface area (Å²) in [6.07, 6.45) is 1.11. The first-order chi connectivity index (χ1) is 10.5. The lowest BCUT2D eigenvalue weighted by Gasteiger charge is -2.16. The second-order valence-electron chi connectivity index (χ2n) is 5.91. The van der Waals surface area contributed by atoms with Crippen LogP contribution in [0.3, 0.4) is 0 Å². The molecule has 0 fully saturated rings. The number of benzene rings is 2. The average Bonchev–Trinajstić information content (AvgIpc) is 2.45. The van der Waals surface area contributed by atoms with Gasteiger partial charge >= 0.3 is 0 Å². The molecule has 0 saturated heterocycles. The van der Waals surface area contributed by atoms with Crippen LogP contribution >= 0.6 is 12.4 Å². The molecule has 0 saturated carbocycles. The minimum Gasteiger partial charge on any atom is -0.399 e. The van der Waals surface area contributed by atoms with E-state index in [1.165, 1.54) is 11.1 Å². The zero-order valence-corrected chi connectivity index (χ0v) is 14.7. The van der Waals surface area contributed by atoms with Gasteiger partial charge in [-0.1, -0.05) is 47.5 Å². The number of anilines is 1. The van der Waals surface area contributed by atoms with E-state index in [4.69, 9.17) is 5.73 Å². The van der Waals surface area contributed by atoms with Crippen LogP contribution in [0.15, 0.2) is 42.5 Å². The van der Waals surface area contributed by atoms with Crippen LogP contribution in [0.4, 0.5) is 5.69 Å². The molecule has 23 heavy (non-hydrogen) atoms. The number of aryl methyl sites for hydroxylation is 3. The van der Waals surface area contributed by atoms with Crippen molar-refractivity contribution in [2.75, 3.05) is 5.73 Å². The Labute approximate surface area is 144 Å². The van der Waals surface area contributed by atoms with Crippen molar-refractivity contribution < 1.29 is 4.79 Å². The minimum atomic E-state index is 0. The highest BCUT2D eigenvalue weighted by atomic mass is 35.5. The Hall–Kier alpha value is -2.00. The number of nitrogens with one attached hydrogen (secondary N) is 1. The molecule has 0 spiro atoms. The van der Waals surface area contributed by atoms with Crippen molar-refractivity contribution in [3.63, 3.8) is 0 Å². The zero-order valence-electron chi connectivity index (χ0n) is 13.9. The summed E-state index contributed by atoms with van der Waals surface area (Å²) in [5.74, 6) is 0.0508. The molecule has 0 aromatic heterocycles. The van der Waals surface area contributed by atoms with Crippen molar-refractivity contribution in [1.29, 1.82) is 0 Å². The van der Waals surface area contributed by atoms with Gasteiger partial charge in [0.25, 0.3) is 0 Å². The standard InChI is InChI=1S/C19H24N2O.ClH/c1-13-10-14(2)12-17(11-13)15(3)21-19(22)9-8-16-6-4-5-7-18(16)20;/h4-7,10-12,15H,8-9,20H2,1-3H3,(H,21,22);1H. The highest BCUT2D eigenvalue weighted by Gasteiger charge is 2.11. The van der Waals surface area contributed by atoms with Crippen molar-refractivity contribution in [2.45, 2.75) is 39.7 Å². The number of amides is 1. The summed E-state index contributed by atoms with van der Waals surface area (Å²) in [5.41, 5.74) is 11.2. The van der Waals surface area contributed by atoms with Gasteiger partial charge in [-0.15, -0.1) is 12.4 Å².